The zero-order chi connectivity index (χ0) is 33.0. The summed E-state index contributed by atoms with van der Waals surface area (Å²) in [6.45, 7) is 9.00. The van der Waals surface area contributed by atoms with Crippen LogP contribution in [0.15, 0.2) is 91.0 Å². The molecule has 0 bridgehead atoms. The zero-order valence-electron chi connectivity index (χ0n) is 23.4. The summed E-state index contributed by atoms with van der Waals surface area (Å²) in [4.78, 5) is 10.9. The number of ether oxygens (including phenoxy) is 2. The van der Waals surface area contributed by atoms with Gasteiger partial charge in [0.2, 0.25) is 0 Å². The van der Waals surface area contributed by atoms with E-state index in [4.69, 9.17) is 14.0 Å². The number of hydrogen-bond acceptors (Lipinski definition) is 3. The summed E-state index contributed by atoms with van der Waals surface area (Å²) in [5.74, 6) is 0.849. The van der Waals surface area contributed by atoms with E-state index < -0.39 is 15.7 Å². The van der Waals surface area contributed by atoms with Gasteiger partial charge in [0.15, 0.2) is 0 Å². The van der Waals surface area contributed by atoms with Crippen molar-refractivity contribution in [3.05, 3.63) is 136 Å². The number of methoxy groups -OCH3 is 2. The average molecular weight is 700 g/mol. The molecule has 1 fully saturated rings. The molecule has 0 amide bonds. The van der Waals surface area contributed by atoms with Crippen molar-refractivity contribution < 1.29 is 65.8 Å². The molecule has 0 atom stereocenters. The second-order valence-electron chi connectivity index (χ2n) is 8.06. The minimum absolute atomic E-state index is 0. The number of hydrogen-bond donors (Lipinski definition) is 0. The predicted molar refractivity (Wildman–Crippen MR) is 154 cm³/mol. The molecule has 0 aliphatic heterocycles. The van der Waals surface area contributed by atoms with Crippen molar-refractivity contribution in [2.24, 2.45) is 0 Å². The van der Waals surface area contributed by atoms with Crippen LogP contribution in [-0.4, -0.2) is 20.2 Å². The van der Waals surface area contributed by atoms with E-state index in [1.54, 1.807) is 7.11 Å². The molecule has 3 aromatic carbocycles. The third-order valence-corrected chi connectivity index (χ3v) is 7.37. The van der Waals surface area contributed by atoms with Crippen LogP contribution in [0.4, 0.5) is 25.2 Å². The molecule has 0 N–H and O–H groups in total. The summed E-state index contributed by atoms with van der Waals surface area (Å²) >= 11 is 0. The van der Waals surface area contributed by atoms with E-state index in [1.807, 2.05) is 19.3 Å². The number of benzene rings is 3. The van der Waals surface area contributed by atoms with Gasteiger partial charge in [0.1, 0.15) is 6.10 Å². The molecule has 5 nitrogen and oxygen atoms in total. The summed E-state index contributed by atoms with van der Waals surface area (Å²) in [5, 5.41) is 4.19. The molecular weight excluding hydrogens is 672 g/mol. The summed E-state index contributed by atoms with van der Waals surface area (Å²) in [5.41, 5.74) is 0. The van der Waals surface area contributed by atoms with Crippen LogP contribution < -0.4 is 15.9 Å². The SMILES string of the molecule is CO[C]1[CH][CH][C](CC(=O)OC)C[CH]1.F[P-](F)(F)(F)(F)F.[C-]#[O+].[C-]#[O+].[Fe+2].c1ccc(P(c2ccccc2)c2ccccc2)cc1. The van der Waals surface area contributed by atoms with Gasteiger partial charge < -0.3 is 9.47 Å². The van der Waals surface area contributed by atoms with Crippen molar-refractivity contribution in [1.29, 1.82) is 0 Å². The van der Waals surface area contributed by atoms with E-state index in [1.165, 1.54) is 23.0 Å². The van der Waals surface area contributed by atoms with Gasteiger partial charge >= 0.3 is 78.6 Å². The Hall–Kier alpha value is -2.47. The largest absolute Gasteiger partial charge is 2.00 e. The molecular formula is C30H28F6FeO5P2+. The van der Waals surface area contributed by atoms with Gasteiger partial charge in [0.05, 0.1) is 13.5 Å². The van der Waals surface area contributed by atoms with E-state index in [2.05, 4.69) is 109 Å². The maximum Gasteiger partial charge on any atom is 2.00 e. The molecule has 1 saturated carbocycles. The first-order valence-corrected chi connectivity index (χ1v) is 15.3. The molecule has 0 saturated heterocycles. The second kappa shape index (κ2) is 20.5. The molecule has 4 rings (SSSR count). The Balaban J connectivity index is 0. The molecule has 237 valence electrons. The van der Waals surface area contributed by atoms with Crippen LogP contribution in [0.5, 0.6) is 0 Å². The molecule has 5 radical (unpaired) electrons. The van der Waals surface area contributed by atoms with Gasteiger partial charge in [-0.25, -0.2) is 0 Å². The zero-order valence-corrected chi connectivity index (χ0v) is 26.3. The van der Waals surface area contributed by atoms with Crippen LogP contribution in [0.25, 0.3) is 0 Å². The average Bonchev–Trinajstić information content (AvgIpc) is 3.00. The standard InChI is InChI=1S/C18H15P.C10H13O3.2CO.F6P.Fe/c1-4-10-16(11-5-1)19(17-12-6-2-7-13-17)18-14-8-3-9-15-18;1-12-9-5-3-8(4-6-9)7-10(11)13-2;2*1-2;1-7(2,3,4,5)6;/h1-15H;3,5-6H,4,7H2,1-2H3;;;;/q;;;;-1;+2. The summed E-state index contributed by atoms with van der Waals surface area (Å²) < 4.78 is 83.8. The topological polar surface area (TPSA) is 75.3 Å². The van der Waals surface area contributed by atoms with Gasteiger partial charge in [-0.15, -0.1) is 0 Å². The molecule has 0 aromatic heterocycles. The quantitative estimate of drug-likeness (QED) is 0.0653. The monoisotopic (exact) mass is 700 g/mol. The summed E-state index contributed by atoms with van der Waals surface area (Å²) in [6, 6.07) is 32.3. The second-order valence-corrected chi connectivity index (χ2v) is 12.2. The molecule has 1 aliphatic rings. The maximum atomic E-state index is 10.9. The Morgan fingerprint density at radius 3 is 1.32 bits per heavy atom. The van der Waals surface area contributed by atoms with Gasteiger partial charge in [-0.1, -0.05) is 91.0 Å². The van der Waals surface area contributed by atoms with E-state index in [-0.39, 0.29) is 23.0 Å². The Labute approximate surface area is 265 Å². The summed E-state index contributed by atoms with van der Waals surface area (Å²) in [6.07, 6.45) is 7.65. The Kier molecular flexibility index (Phi) is 20.4. The van der Waals surface area contributed by atoms with Crippen molar-refractivity contribution >= 4 is 37.6 Å². The first-order valence-electron chi connectivity index (χ1n) is 11.9. The fraction of sp³-hybridized carbons (Fsp3) is 0.133. The first kappa shape index (κ1) is 43.7. The number of carbonyl (C=O) groups excluding carboxylic acids is 1. The van der Waals surface area contributed by atoms with Crippen molar-refractivity contribution in [1.82, 2.24) is 0 Å². The van der Waals surface area contributed by atoms with Crippen molar-refractivity contribution in [2.45, 2.75) is 12.8 Å². The normalized spacial score (nSPS) is 14.3. The number of halogens is 6. The van der Waals surface area contributed by atoms with Crippen molar-refractivity contribution in [3.63, 3.8) is 0 Å². The van der Waals surface area contributed by atoms with Gasteiger partial charge in [-0.05, 0) is 49.0 Å². The fourth-order valence-electron chi connectivity index (χ4n) is 3.29. The van der Waals surface area contributed by atoms with Crippen LogP contribution in [0.1, 0.15) is 12.8 Å². The number of rotatable bonds is 6. The van der Waals surface area contributed by atoms with E-state index in [0.717, 1.165) is 18.4 Å². The van der Waals surface area contributed by atoms with Crippen LogP contribution in [0, 0.1) is 44.6 Å². The third kappa shape index (κ3) is 22.1. The predicted octanol–water partition coefficient (Wildman–Crippen LogP) is 8.07. The van der Waals surface area contributed by atoms with Crippen LogP contribution >= 0.6 is 15.7 Å². The van der Waals surface area contributed by atoms with E-state index in [0.29, 0.717) is 6.42 Å². The molecule has 0 unspecified atom stereocenters. The fourth-order valence-corrected chi connectivity index (χ4v) is 5.59. The smallest absolute Gasteiger partial charge is 0.0622 e. The summed E-state index contributed by atoms with van der Waals surface area (Å²) in [7, 11) is -8.08. The molecule has 3 aromatic rings. The van der Waals surface area contributed by atoms with E-state index in [9.17, 15) is 30.0 Å². The third-order valence-electron chi connectivity index (χ3n) is 4.93. The minimum Gasteiger partial charge on any atom is -0.0622 e. The van der Waals surface area contributed by atoms with Gasteiger partial charge in [-0.2, -0.15) is 0 Å². The van der Waals surface area contributed by atoms with Gasteiger partial charge in [-0.3, -0.25) is 4.79 Å². The van der Waals surface area contributed by atoms with Crippen LogP contribution in [0.2, 0.25) is 0 Å². The minimum atomic E-state index is -10.7. The molecule has 44 heavy (non-hydrogen) atoms. The van der Waals surface area contributed by atoms with Crippen LogP contribution in [0.3, 0.4) is 0 Å². The Morgan fingerprint density at radius 1 is 0.727 bits per heavy atom. The first-order chi connectivity index (χ1) is 20.2. The van der Waals surface area contributed by atoms with Gasteiger partial charge in [0, 0.05) is 13.5 Å². The molecule has 14 heteroatoms. The van der Waals surface area contributed by atoms with Crippen molar-refractivity contribution in [3.8, 4) is 0 Å². The Morgan fingerprint density at radius 2 is 1.07 bits per heavy atom. The molecule has 0 spiro atoms. The molecule has 0 heterocycles. The van der Waals surface area contributed by atoms with Crippen LogP contribution in [-0.2, 0) is 40.6 Å². The number of carbonyl (C=O) groups is 1. The number of esters is 1. The molecule has 1 aliphatic carbocycles. The van der Waals surface area contributed by atoms with Gasteiger partial charge in [0.25, 0.3) is 0 Å². The van der Waals surface area contributed by atoms with E-state index >= 15 is 0 Å². The Bertz CT molecular complexity index is 1110. The maximum absolute atomic E-state index is 10.9. The van der Waals surface area contributed by atoms with Crippen molar-refractivity contribution in [2.75, 3.05) is 14.2 Å².